The van der Waals surface area contributed by atoms with E-state index in [9.17, 15) is 19.5 Å². The van der Waals surface area contributed by atoms with Gasteiger partial charge in [-0.15, -0.1) is 0 Å². The van der Waals surface area contributed by atoms with E-state index in [0.717, 1.165) is 25.9 Å². The molecule has 1 N–H and O–H groups in total. The van der Waals surface area contributed by atoms with E-state index in [2.05, 4.69) is 4.90 Å². The second kappa shape index (κ2) is 12.4. The number of rotatable bonds is 7. The fourth-order valence-corrected chi connectivity index (χ4v) is 5.27. The molecule has 0 unspecified atom stereocenters. The Morgan fingerprint density at radius 3 is 2.18 bits per heavy atom. The third-order valence-corrected chi connectivity index (χ3v) is 7.33. The molecule has 0 radical (unpaired) electrons. The van der Waals surface area contributed by atoms with E-state index in [1.54, 1.807) is 36.1 Å². The number of amides is 2. The molecule has 4 rings (SSSR count). The molecule has 2 aromatic rings. The average Bonchev–Trinajstić information content (AvgIpc) is 3.24. The van der Waals surface area contributed by atoms with Crippen LogP contribution in [0.2, 0.25) is 0 Å². The maximum atomic E-state index is 13.4. The molecule has 212 valence electrons. The number of carbonyl (C=O) groups is 3. The van der Waals surface area contributed by atoms with Crippen molar-refractivity contribution >= 4 is 18.0 Å². The van der Waals surface area contributed by atoms with Crippen LogP contribution >= 0.6 is 0 Å². The van der Waals surface area contributed by atoms with Crippen LogP contribution in [0.25, 0.3) is 5.69 Å². The van der Waals surface area contributed by atoms with Gasteiger partial charge in [-0.05, 0) is 70.0 Å². The molecule has 2 fully saturated rings. The van der Waals surface area contributed by atoms with Gasteiger partial charge in [0.25, 0.3) is 5.91 Å². The van der Waals surface area contributed by atoms with Gasteiger partial charge in [-0.1, -0.05) is 6.42 Å². The Bertz CT molecular complexity index is 1180. The molecule has 3 heterocycles. The summed E-state index contributed by atoms with van der Waals surface area (Å²) >= 11 is 0. The number of aromatic nitrogens is 1. The molecule has 0 saturated carbocycles. The molecule has 1 aromatic carbocycles. The van der Waals surface area contributed by atoms with Crippen LogP contribution in [0.1, 0.15) is 60.0 Å². The first-order valence-electron chi connectivity index (χ1n) is 13.5. The molecule has 0 aliphatic carbocycles. The molecule has 2 aliphatic heterocycles. The zero-order valence-electron chi connectivity index (χ0n) is 23.1. The van der Waals surface area contributed by atoms with Crippen molar-refractivity contribution in [1.29, 1.82) is 0 Å². The van der Waals surface area contributed by atoms with E-state index in [1.165, 1.54) is 49.9 Å². The lowest BCUT2D eigenvalue weighted by atomic mass is 10.0. The first-order chi connectivity index (χ1) is 18.8. The summed E-state index contributed by atoms with van der Waals surface area (Å²) in [7, 11) is 4.59. The van der Waals surface area contributed by atoms with Crippen molar-refractivity contribution < 1.29 is 33.7 Å². The predicted octanol–water partition coefficient (Wildman–Crippen LogP) is 3.52. The Hall–Kier alpha value is -3.73. The fourth-order valence-electron chi connectivity index (χ4n) is 5.27. The van der Waals surface area contributed by atoms with Gasteiger partial charge in [0.15, 0.2) is 17.1 Å². The van der Waals surface area contributed by atoms with Crippen molar-refractivity contribution in [2.45, 2.75) is 45.1 Å². The number of benzene rings is 1. The van der Waals surface area contributed by atoms with E-state index in [4.69, 9.17) is 14.2 Å². The minimum Gasteiger partial charge on any atom is -0.503 e. The average molecular weight is 543 g/mol. The summed E-state index contributed by atoms with van der Waals surface area (Å²) in [6, 6.07) is 7.00. The van der Waals surface area contributed by atoms with E-state index in [1.807, 2.05) is 0 Å². The maximum absolute atomic E-state index is 13.4. The van der Waals surface area contributed by atoms with Crippen molar-refractivity contribution in [3.63, 3.8) is 0 Å². The van der Waals surface area contributed by atoms with Gasteiger partial charge in [0.2, 0.25) is 5.75 Å². The normalized spacial score (nSPS) is 16.6. The zero-order valence-corrected chi connectivity index (χ0v) is 23.1. The van der Waals surface area contributed by atoms with Crippen LogP contribution in [0.5, 0.6) is 17.2 Å². The summed E-state index contributed by atoms with van der Waals surface area (Å²) in [5.41, 5.74) is -0.0925. The summed E-state index contributed by atoms with van der Waals surface area (Å²) in [5, 5.41) is 11.2. The topological polar surface area (TPSA) is 114 Å². The van der Waals surface area contributed by atoms with Gasteiger partial charge in [-0.2, -0.15) is 0 Å². The Labute approximate surface area is 228 Å². The van der Waals surface area contributed by atoms with Crippen molar-refractivity contribution in [1.82, 2.24) is 19.3 Å². The van der Waals surface area contributed by atoms with E-state index in [-0.39, 0.29) is 23.7 Å². The highest BCUT2D eigenvalue weighted by molar-refractivity contribution is 6.03. The largest absolute Gasteiger partial charge is 0.503 e. The summed E-state index contributed by atoms with van der Waals surface area (Å²) < 4.78 is 17.4. The number of piperidine rings is 2. The second-order valence-electron chi connectivity index (χ2n) is 10.0. The SMILES string of the molecule is CCOC(=O)c1c(O)c(OC(=O)N2CCC(N3CCCCC3)CC2)c(C(=O)N(C)C)n1-c1ccc(OC)cc1. The smallest absolute Gasteiger partial charge is 0.415 e. The van der Waals surface area contributed by atoms with Crippen molar-refractivity contribution in [3.8, 4) is 22.9 Å². The predicted molar refractivity (Wildman–Crippen MR) is 144 cm³/mol. The lowest BCUT2D eigenvalue weighted by Gasteiger charge is -2.39. The highest BCUT2D eigenvalue weighted by Crippen LogP contribution is 2.41. The van der Waals surface area contributed by atoms with Crippen LogP contribution in [0.3, 0.4) is 0 Å². The van der Waals surface area contributed by atoms with Gasteiger partial charge < -0.3 is 34.0 Å². The first kappa shape index (κ1) is 28.3. The molecule has 2 aliphatic rings. The number of nitrogens with zero attached hydrogens (tertiary/aromatic N) is 4. The molecule has 0 bridgehead atoms. The number of methoxy groups -OCH3 is 1. The number of carbonyl (C=O) groups excluding carboxylic acids is 3. The van der Waals surface area contributed by atoms with E-state index in [0.29, 0.717) is 30.6 Å². The van der Waals surface area contributed by atoms with Gasteiger partial charge in [0.1, 0.15) is 5.75 Å². The van der Waals surface area contributed by atoms with E-state index < -0.39 is 23.7 Å². The number of ether oxygens (including phenoxy) is 3. The third kappa shape index (κ3) is 5.98. The van der Waals surface area contributed by atoms with Crippen LogP contribution in [0.15, 0.2) is 24.3 Å². The molecular formula is C28H38N4O7. The summed E-state index contributed by atoms with van der Waals surface area (Å²) in [4.78, 5) is 45.1. The lowest BCUT2D eigenvalue weighted by Crippen LogP contribution is -2.48. The van der Waals surface area contributed by atoms with Crippen LogP contribution < -0.4 is 9.47 Å². The standard InChI is InChI=1S/C28H38N4O7/c1-5-38-27(35)22-24(33)25(23(26(34)29(2)3)32(22)20-9-11-21(37-4)12-10-20)39-28(36)31-17-13-19(14-18-31)30-15-7-6-8-16-30/h9-12,19,33H,5-8,13-18H2,1-4H3. The minimum absolute atomic E-state index is 0.0457. The van der Waals surface area contributed by atoms with Crippen LogP contribution in [-0.2, 0) is 4.74 Å². The molecule has 11 heteroatoms. The van der Waals surface area contributed by atoms with Gasteiger partial charge in [0, 0.05) is 38.9 Å². The number of hydrogen-bond acceptors (Lipinski definition) is 8. The Balaban J connectivity index is 1.68. The molecule has 2 amide bonds. The van der Waals surface area contributed by atoms with Gasteiger partial charge in [-0.3, -0.25) is 9.36 Å². The van der Waals surface area contributed by atoms with Crippen LogP contribution in [-0.4, -0.2) is 102 Å². The number of hydrogen-bond donors (Lipinski definition) is 1. The molecule has 11 nitrogen and oxygen atoms in total. The first-order valence-corrected chi connectivity index (χ1v) is 13.5. The number of aromatic hydroxyl groups is 1. The zero-order chi connectivity index (χ0) is 28.1. The number of esters is 1. The van der Waals surface area contributed by atoms with Gasteiger partial charge >= 0.3 is 12.1 Å². The molecule has 39 heavy (non-hydrogen) atoms. The summed E-state index contributed by atoms with van der Waals surface area (Å²) in [5.74, 6) is -1.87. The molecule has 1 aromatic heterocycles. The Kier molecular flexibility index (Phi) is 9.01. The van der Waals surface area contributed by atoms with Gasteiger partial charge in [-0.25, -0.2) is 9.59 Å². The quantitative estimate of drug-likeness (QED) is 0.529. The second-order valence-corrected chi connectivity index (χ2v) is 10.0. The monoisotopic (exact) mass is 542 g/mol. The highest BCUT2D eigenvalue weighted by Gasteiger charge is 2.37. The summed E-state index contributed by atoms with van der Waals surface area (Å²) in [6.07, 6.45) is 4.65. The van der Waals surface area contributed by atoms with Gasteiger partial charge in [0.05, 0.1) is 13.7 Å². The lowest BCUT2D eigenvalue weighted by molar-refractivity contribution is 0.0512. The highest BCUT2D eigenvalue weighted by atomic mass is 16.6. The van der Waals surface area contributed by atoms with E-state index >= 15 is 0 Å². The summed E-state index contributed by atoms with van der Waals surface area (Å²) in [6.45, 7) is 4.87. The molecule has 2 saturated heterocycles. The molecule has 0 spiro atoms. The Morgan fingerprint density at radius 1 is 0.974 bits per heavy atom. The number of likely N-dealkylation sites (tertiary alicyclic amines) is 2. The Morgan fingerprint density at radius 2 is 1.62 bits per heavy atom. The van der Waals surface area contributed by atoms with Crippen molar-refractivity contribution in [2.75, 3.05) is 54.0 Å². The third-order valence-electron chi connectivity index (χ3n) is 7.33. The van der Waals surface area contributed by atoms with Crippen molar-refractivity contribution in [3.05, 3.63) is 35.7 Å². The van der Waals surface area contributed by atoms with Crippen molar-refractivity contribution in [2.24, 2.45) is 0 Å². The van der Waals surface area contributed by atoms with Crippen LogP contribution in [0.4, 0.5) is 4.79 Å². The molecule has 0 atom stereocenters. The minimum atomic E-state index is -0.858. The maximum Gasteiger partial charge on any atom is 0.415 e. The fraction of sp³-hybridized carbons (Fsp3) is 0.536. The molecular weight excluding hydrogens is 504 g/mol. The van der Waals surface area contributed by atoms with Crippen LogP contribution in [0, 0.1) is 0 Å².